The van der Waals surface area contributed by atoms with Crippen LogP contribution in [0.3, 0.4) is 0 Å². The Labute approximate surface area is 152 Å². The average Bonchev–Trinajstić information content (AvgIpc) is 3.09. The lowest BCUT2D eigenvalue weighted by molar-refractivity contribution is 0.0621. The predicted molar refractivity (Wildman–Crippen MR) is 100 cm³/mol. The van der Waals surface area contributed by atoms with Crippen molar-refractivity contribution in [3.63, 3.8) is 0 Å². The molecule has 3 aromatic rings. The van der Waals surface area contributed by atoms with Gasteiger partial charge in [-0.1, -0.05) is 18.2 Å². The Morgan fingerprint density at radius 3 is 2.69 bits per heavy atom. The number of hydrogen-bond donors (Lipinski definition) is 2. The van der Waals surface area contributed by atoms with Gasteiger partial charge in [0, 0.05) is 49.3 Å². The lowest BCUT2D eigenvalue weighted by atomic mass is 10.2. The third kappa shape index (κ3) is 3.28. The molecule has 6 heteroatoms. The molecule has 1 aliphatic heterocycles. The normalized spacial score (nSPS) is 15.5. The fourth-order valence-corrected chi connectivity index (χ4v) is 3.40. The molecule has 3 heterocycles. The summed E-state index contributed by atoms with van der Waals surface area (Å²) in [6.07, 6.45) is 0. The number of amides is 1. The summed E-state index contributed by atoms with van der Waals surface area (Å²) in [6.45, 7) is 5.38. The summed E-state index contributed by atoms with van der Waals surface area (Å²) < 4.78 is 0. The summed E-state index contributed by atoms with van der Waals surface area (Å²) in [6, 6.07) is 13.3. The summed E-state index contributed by atoms with van der Waals surface area (Å²) in [4.78, 5) is 24.5. The summed E-state index contributed by atoms with van der Waals surface area (Å²) in [5.74, 6) is 0.268. The minimum Gasteiger partial charge on any atom is -0.506 e. The molecule has 1 saturated heterocycles. The number of aromatic amines is 1. The molecule has 1 aliphatic rings. The number of aryl methyl sites for hydroxylation is 1. The Hall–Kier alpha value is -2.86. The Morgan fingerprint density at radius 2 is 1.92 bits per heavy atom. The molecule has 6 nitrogen and oxygen atoms in total. The van der Waals surface area contributed by atoms with Crippen LogP contribution in [0.2, 0.25) is 0 Å². The smallest absolute Gasteiger partial charge is 0.270 e. The van der Waals surface area contributed by atoms with Crippen molar-refractivity contribution in [2.24, 2.45) is 0 Å². The SMILES string of the molecule is Cc1ccc(O)c(CN2CCN(C(=O)c3cc4ccccc4[nH]3)CC2)n1. The molecule has 0 unspecified atom stereocenters. The number of pyridine rings is 1. The number of aromatic nitrogens is 2. The van der Waals surface area contributed by atoms with Gasteiger partial charge in [0.15, 0.2) is 0 Å². The van der Waals surface area contributed by atoms with Gasteiger partial charge < -0.3 is 15.0 Å². The number of fused-ring (bicyclic) bond motifs is 1. The molecule has 1 fully saturated rings. The standard InChI is InChI=1S/C20H22N4O2/c1-14-6-7-19(25)18(21-14)13-23-8-10-24(11-9-23)20(26)17-12-15-4-2-3-5-16(15)22-17/h2-7,12,22,25H,8-11,13H2,1H3. The lowest BCUT2D eigenvalue weighted by Crippen LogP contribution is -2.48. The first-order chi connectivity index (χ1) is 12.6. The maximum absolute atomic E-state index is 12.8. The predicted octanol–water partition coefficient (Wildman–Crippen LogP) is 2.53. The van der Waals surface area contributed by atoms with E-state index in [-0.39, 0.29) is 11.7 Å². The molecule has 4 rings (SSSR count). The zero-order valence-electron chi connectivity index (χ0n) is 14.8. The lowest BCUT2D eigenvalue weighted by Gasteiger charge is -2.34. The molecule has 134 valence electrons. The number of H-pyrrole nitrogens is 1. The van der Waals surface area contributed by atoms with Crippen molar-refractivity contribution in [3.8, 4) is 5.75 Å². The molecule has 0 spiro atoms. The number of rotatable bonds is 3. The van der Waals surface area contributed by atoms with Gasteiger partial charge in [-0.05, 0) is 31.2 Å². The third-order valence-electron chi connectivity index (χ3n) is 4.88. The van der Waals surface area contributed by atoms with Gasteiger partial charge in [0.05, 0.1) is 5.69 Å². The molecule has 2 N–H and O–H groups in total. The number of carbonyl (C=O) groups is 1. The maximum Gasteiger partial charge on any atom is 0.270 e. The fourth-order valence-electron chi connectivity index (χ4n) is 3.40. The molecule has 1 aromatic carbocycles. The molecule has 0 bridgehead atoms. The van der Waals surface area contributed by atoms with Gasteiger partial charge in [0.2, 0.25) is 0 Å². The van der Waals surface area contributed by atoms with E-state index in [1.165, 1.54) is 0 Å². The zero-order chi connectivity index (χ0) is 18.1. The van der Waals surface area contributed by atoms with Crippen LogP contribution in [-0.2, 0) is 6.54 Å². The largest absolute Gasteiger partial charge is 0.506 e. The van der Waals surface area contributed by atoms with E-state index >= 15 is 0 Å². The highest BCUT2D eigenvalue weighted by Gasteiger charge is 2.24. The maximum atomic E-state index is 12.8. The van der Waals surface area contributed by atoms with Crippen molar-refractivity contribution in [1.82, 2.24) is 19.8 Å². The van der Waals surface area contributed by atoms with Crippen LogP contribution in [0.5, 0.6) is 5.75 Å². The van der Waals surface area contributed by atoms with Crippen LogP contribution in [0.4, 0.5) is 0 Å². The van der Waals surface area contributed by atoms with Gasteiger partial charge in [-0.3, -0.25) is 14.7 Å². The van der Waals surface area contributed by atoms with Gasteiger partial charge >= 0.3 is 0 Å². The molecule has 26 heavy (non-hydrogen) atoms. The number of aromatic hydroxyl groups is 1. The molecule has 0 radical (unpaired) electrons. The molecule has 2 aromatic heterocycles. The Balaban J connectivity index is 1.40. The topological polar surface area (TPSA) is 72.5 Å². The second-order valence-corrected chi connectivity index (χ2v) is 6.76. The van der Waals surface area contributed by atoms with Crippen molar-refractivity contribution in [1.29, 1.82) is 0 Å². The first-order valence-corrected chi connectivity index (χ1v) is 8.85. The van der Waals surface area contributed by atoms with Gasteiger partial charge in [-0.15, -0.1) is 0 Å². The highest BCUT2D eigenvalue weighted by molar-refractivity contribution is 5.98. The summed E-state index contributed by atoms with van der Waals surface area (Å²) in [5.41, 5.74) is 3.21. The van der Waals surface area contributed by atoms with Gasteiger partial charge in [0.25, 0.3) is 5.91 Å². The van der Waals surface area contributed by atoms with Gasteiger partial charge in [0.1, 0.15) is 11.4 Å². The first-order valence-electron chi connectivity index (χ1n) is 8.85. The number of benzene rings is 1. The molecule has 0 saturated carbocycles. The van der Waals surface area contributed by atoms with E-state index in [2.05, 4.69) is 14.9 Å². The minimum atomic E-state index is 0.0392. The van der Waals surface area contributed by atoms with Crippen LogP contribution in [0, 0.1) is 6.92 Å². The van der Waals surface area contributed by atoms with Crippen LogP contribution in [0.15, 0.2) is 42.5 Å². The molecular formula is C20H22N4O2. The first kappa shape index (κ1) is 16.6. The number of piperazine rings is 1. The van der Waals surface area contributed by atoms with E-state index < -0.39 is 0 Å². The molecule has 0 aliphatic carbocycles. The summed E-state index contributed by atoms with van der Waals surface area (Å²) in [7, 11) is 0. The minimum absolute atomic E-state index is 0.0392. The highest BCUT2D eigenvalue weighted by atomic mass is 16.3. The van der Waals surface area contributed by atoms with Crippen molar-refractivity contribution in [3.05, 3.63) is 59.5 Å². The number of carbonyl (C=O) groups excluding carboxylic acids is 1. The van der Waals surface area contributed by atoms with Crippen molar-refractivity contribution < 1.29 is 9.90 Å². The molecule has 0 atom stereocenters. The van der Waals surface area contributed by atoms with Gasteiger partial charge in [-0.2, -0.15) is 0 Å². The average molecular weight is 350 g/mol. The van der Waals surface area contributed by atoms with Crippen molar-refractivity contribution in [2.45, 2.75) is 13.5 Å². The van der Waals surface area contributed by atoms with E-state index in [1.54, 1.807) is 12.1 Å². The van der Waals surface area contributed by atoms with E-state index in [0.29, 0.717) is 31.0 Å². The number of para-hydroxylation sites is 1. The van der Waals surface area contributed by atoms with Crippen molar-refractivity contribution >= 4 is 16.8 Å². The monoisotopic (exact) mass is 350 g/mol. The van der Waals surface area contributed by atoms with E-state index in [4.69, 9.17) is 0 Å². The van der Waals surface area contributed by atoms with Crippen LogP contribution in [0.25, 0.3) is 10.9 Å². The Bertz CT molecular complexity index is 909. The van der Waals surface area contributed by atoms with Crippen LogP contribution < -0.4 is 0 Å². The highest BCUT2D eigenvalue weighted by Crippen LogP contribution is 2.19. The summed E-state index contributed by atoms with van der Waals surface area (Å²) >= 11 is 0. The van der Waals surface area contributed by atoms with E-state index in [0.717, 1.165) is 29.7 Å². The quantitative estimate of drug-likeness (QED) is 0.761. The molecular weight excluding hydrogens is 328 g/mol. The van der Waals surface area contributed by atoms with E-state index in [1.807, 2.05) is 42.2 Å². The van der Waals surface area contributed by atoms with Crippen LogP contribution in [-0.4, -0.2) is 57.0 Å². The van der Waals surface area contributed by atoms with Crippen molar-refractivity contribution in [2.75, 3.05) is 26.2 Å². The number of nitrogens with zero attached hydrogens (tertiary/aromatic N) is 3. The third-order valence-corrected chi connectivity index (χ3v) is 4.88. The van der Waals surface area contributed by atoms with Crippen LogP contribution >= 0.6 is 0 Å². The summed E-state index contributed by atoms with van der Waals surface area (Å²) in [5, 5.41) is 11.0. The Kier molecular flexibility index (Phi) is 4.34. The van der Waals surface area contributed by atoms with E-state index in [9.17, 15) is 9.90 Å². The second kappa shape index (κ2) is 6.80. The second-order valence-electron chi connectivity index (χ2n) is 6.76. The van der Waals surface area contributed by atoms with Crippen LogP contribution in [0.1, 0.15) is 21.9 Å². The fraction of sp³-hybridized carbons (Fsp3) is 0.300. The zero-order valence-corrected chi connectivity index (χ0v) is 14.8. The van der Waals surface area contributed by atoms with Gasteiger partial charge in [-0.25, -0.2) is 0 Å². The molecule has 1 amide bonds. The number of hydrogen-bond acceptors (Lipinski definition) is 4. The Morgan fingerprint density at radius 1 is 1.15 bits per heavy atom. The number of nitrogens with one attached hydrogen (secondary N) is 1.